The van der Waals surface area contributed by atoms with E-state index in [0.29, 0.717) is 24.9 Å². The summed E-state index contributed by atoms with van der Waals surface area (Å²) in [6.07, 6.45) is 4.72. The summed E-state index contributed by atoms with van der Waals surface area (Å²) in [4.78, 5) is 14.4. The van der Waals surface area contributed by atoms with Gasteiger partial charge >= 0.3 is 0 Å². The van der Waals surface area contributed by atoms with Gasteiger partial charge < -0.3 is 5.32 Å². The van der Waals surface area contributed by atoms with Gasteiger partial charge in [-0.15, -0.1) is 21.5 Å². The maximum atomic E-state index is 12.1. The first-order valence-electron chi connectivity index (χ1n) is 9.14. The Kier molecular flexibility index (Phi) is 5.08. The maximum Gasteiger partial charge on any atom is 0.234 e. The van der Waals surface area contributed by atoms with E-state index in [2.05, 4.69) is 20.4 Å². The van der Waals surface area contributed by atoms with Crippen molar-refractivity contribution < 1.29 is 4.79 Å². The van der Waals surface area contributed by atoms with Gasteiger partial charge in [0, 0.05) is 18.4 Å². The summed E-state index contributed by atoms with van der Waals surface area (Å²) >= 11 is 1.81. The number of rotatable bonds is 6. The lowest BCUT2D eigenvalue weighted by molar-refractivity contribution is -0.122. The monoisotopic (exact) mass is 356 g/mol. The molecule has 0 atom stereocenters. The van der Waals surface area contributed by atoms with E-state index >= 15 is 0 Å². The predicted molar refractivity (Wildman–Crippen MR) is 98.6 cm³/mol. The van der Waals surface area contributed by atoms with Crippen molar-refractivity contribution in [3.63, 3.8) is 0 Å². The summed E-state index contributed by atoms with van der Waals surface area (Å²) in [7, 11) is 0. The van der Waals surface area contributed by atoms with Crippen LogP contribution in [-0.4, -0.2) is 40.6 Å². The summed E-state index contributed by atoms with van der Waals surface area (Å²) < 4.78 is 0. The van der Waals surface area contributed by atoms with Gasteiger partial charge in [-0.05, 0) is 44.3 Å². The van der Waals surface area contributed by atoms with E-state index in [0.717, 1.165) is 31.5 Å². The van der Waals surface area contributed by atoms with E-state index < -0.39 is 0 Å². The van der Waals surface area contributed by atoms with Crippen molar-refractivity contribution in [1.29, 1.82) is 0 Å². The molecule has 2 fully saturated rings. The molecule has 1 aliphatic carbocycles. The third-order valence-electron chi connectivity index (χ3n) is 5.02. The van der Waals surface area contributed by atoms with Crippen molar-refractivity contribution in [2.45, 2.75) is 44.1 Å². The molecule has 4 rings (SSSR count). The van der Waals surface area contributed by atoms with Crippen LogP contribution in [0.3, 0.4) is 0 Å². The standard InChI is InChI=1S/C19H24N4OS/c24-17(20-12-14-4-2-1-3-5-14)13-23-10-8-16(9-11-23)19-22-21-18(25-19)15-6-7-15/h1-5,15-16H,6-13H2,(H,20,24). The molecule has 1 aliphatic heterocycles. The molecule has 25 heavy (non-hydrogen) atoms. The number of amides is 1. The highest BCUT2D eigenvalue weighted by Gasteiger charge is 2.30. The van der Waals surface area contributed by atoms with Crippen LogP contribution in [0.2, 0.25) is 0 Å². The molecule has 1 N–H and O–H groups in total. The van der Waals surface area contributed by atoms with Gasteiger partial charge in [-0.25, -0.2) is 0 Å². The summed E-state index contributed by atoms with van der Waals surface area (Å²) in [5, 5.41) is 14.2. The van der Waals surface area contributed by atoms with Gasteiger partial charge in [-0.1, -0.05) is 30.3 Å². The number of benzene rings is 1. The minimum Gasteiger partial charge on any atom is -0.351 e. The van der Waals surface area contributed by atoms with Crippen molar-refractivity contribution in [1.82, 2.24) is 20.4 Å². The smallest absolute Gasteiger partial charge is 0.234 e. The lowest BCUT2D eigenvalue weighted by Gasteiger charge is -2.30. The van der Waals surface area contributed by atoms with Crippen LogP contribution < -0.4 is 5.32 Å². The lowest BCUT2D eigenvalue weighted by atomic mass is 9.98. The Balaban J connectivity index is 1.21. The van der Waals surface area contributed by atoms with Crippen LogP contribution >= 0.6 is 11.3 Å². The fourth-order valence-corrected chi connectivity index (χ4v) is 4.48. The van der Waals surface area contributed by atoms with Gasteiger partial charge in [0.15, 0.2) is 0 Å². The first-order chi connectivity index (χ1) is 12.3. The second-order valence-corrected chi connectivity index (χ2v) is 8.11. The van der Waals surface area contributed by atoms with Crippen LogP contribution in [0.15, 0.2) is 30.3 Å². The van der Waals surface area contributed by atoms with Crippen molar-refractivity contribution in [2.24, 2.45) is 0 Å². The highest BCUT2D eigenvalue weighted by molar-refractivity contribution is 7.11. The number of aromatic nitrogens is 2. The topological polar surface area (TPSA) is 58.1 Å². The number of carbonyl (C=O) groups excluding carboxylic acids is 1. The number of hydrogen-bond acceptors (Lipinski definition) is 5. The second kappa shape index (κ2) is 7.62. The third-order valence-corrected chi connectivity index (χ3v) is 6.27. The van der Waals surface area contributed by atoms with Crippen LogP contribution in [0.4, 0.5) is 0 Å². The Morgan fingerprint density at radius 1 is 1.04 bits per heavy atom. The molecule has 6 heteroatoms. The van der Waals surface area contributed by atoms with Crippen molar-refractivity contribution >= 4 is 17.2 Å². The van der Waals surface area contributed by atoms with Crippen LogP contribution in [-0.2, 0) is 11.3 Å². The fraction of sp³-hybridized carbons (Fsp3) is 0.526. The van der Waals surface area contributed by atoms with Crippen molar-refractivity contribution in [2.75, 3.05) is 19.6 Å². The van der Waals surface area contributed by atoms with E-state index in [9.17, 15) is 4.79 Å². The van der Waals surface area contributed by atoms with Gasteiger partial charge in [0.05, 0.1) is 6.54 Å². The summed E-state index contributed by atoms with van der Waals surface area (Å²) in [6.45, 7) is 3.01. The zero-order valence-corrected chi connectivity index (χ0v) is 15.2. The highest BCUT2D eigenvalue weighted by Crippen LogP contribution is 2.43. The molecule has 1 amide bonds. The molecule has 2 aliphatic rings. The largest absolute Gasteiger partial charge is 0.351 e. The van der Waals surface area contributed by atoms with Crippen LogP contribution in [0.1, 0.15) is 53.1 Å². The quantitative estimate of drug-likeness (QED) is 0.865. The molecule has 0 spiro atoms. The molecule has 2 heterocycles. The van der Waals surface area contributed by atoms with E-state index in [4.69, 9.17) is 0 Å². The lowest BCUT2D eigenvalue weighted by Crippen LogP contribution is -2.41. The second-order valence-electron chi connectivity index (χ2n) is 7.07. The minimum atomic E-state index is 0.106. The van der Waals surface area contributed by atoms with Crippen LogP contribution in [0.5, 0.6) is 0 Å². The molecule has 1 saturated heterocycles. The zero-order valence-electron chi connectivity index (χ0n) is 14.4. The normalized spacial score (nSPS) is 19.0. The molecular weight excluding hydrogens is 332 g/mol. The molecule has 132 valence electrons. The van der Waals surface area contributed by atoms with E-state index in [1.807, 2.05) is 41.7 Å². The summed E-state index contributed by atoms with van der Waals surface area (Å²) in [5.41, 5.74) is 1.14. The highest BCUT2D eigenvalue weighted by atomic mass is 32.1. The fourth-order valence-electron chi connectivity index (χ4n) is 3.30. The molecule has 1 aromatic carbocycles. The third kappa shape index (κ3) is 4.44. The Bertz CT molecular complexity index is 705. The maximum absolute atomic E-state index is 12.1. The van der Waals surface area contributed by atoms with E-state index in [-0.39, 0.29) is 5.91 Å². The van der Waals surface area contributed by atoms with E-state index in [1.165, 1.54) is 22.9 Å². The van der Waals surface area contributed by atoms with Gasteiger partial charge in [0.25, 0.3) is 0 Å². The van der Waals surface area contributed by atoms with E-state index in [1.54, 1.807) is 0 Å². The van der Waals surface area contributed by atoms with Gasteiger partial charge in [0.2, 0.25) is 5.91 Å². The predicted octanol–water partition coefficient (Wildman–Crippen LogP) is 2.91. The number of likely N-dealkylation sites (tertiary alicyclic amines) is 1. The van der Waals surface area contributed by atoms with Crippen molar-refractivity contribution in [3.05, 3.63) is 45.9 Å². The number of nitrogens with one attached hydrogen (secondary N) is 1. The van der Waals surface area contributed by atoms with Crippen LogP contribution in [0, 0.1) is 0 Å². The first kappa shape index (κ1) is 16.7. The Hall–Kier alpha value is -1.79. The van der Waals surface area contributed by atoms with Gasteiger partial charge in [0.1, 0.15) is 10.0 Å². The molecule has 0 unspecified atom stereocenters. The Morgan fingerprint density at radius 2 is 1.68 bits per heavy atom. The first-order valence-corrected chi connectivity index (χ1v) is 9.96. The number of carbonyl (C=O) groups is 1. The zero-order chi connectivity index (χ0) is 17.1. The number of nitrogens with zero attached hydrogens (tertiary/aromatic N) is 3. The molecule has 5 nitrogen and oxygen atoms in total. The van der Waals surface area contributed by atoms with Crippen molar-refractivity contribution in [3.8, 4) is 0 Å². The molecule has 0 bridgehead atoms. The molecule has 2 aromatic rings. The number of hydrogen-bond donors (Lipinski definition) is 1. The number of piperidine rings is 1. The van der Waals surface area contributed by atoms with Gasteiger partial charge in [-0.3, -0.25) is 9.69 Å². The summed E-state index contributed by atoms with van der Waals surface area (Å²) in [6, 6.07) is 10.0. The molecule has 0 radical (unpaired) electrons. The average Bonchev–Trinajstić information content (AvgIpc) is 3.39. The summed E-state index contributed by atoms with van der Waals surface area (Å²) in [5.74, 6) is 1.32. The average molecular weight is 356 g/mol. The Labute approximate surface area is 152 Å². The Morgan fingerprint density at radius 3 is 2.32 bits per heavy atom. The minimum absolute atomic E-state index is 0.106. The van der Waals surface area contributed by atoms with Crippen LogP contribution in [0.25, 0.3) is 0 Å². The van der Waals surface area contributed by atoms with Gasteiger partial charge in [-0.2, -0.15) is 0 Å². The molecular formula is C19H24N4OS. The molecule has 1 aromatic heterocycles. The SMILES string of the molecule is O=C(CN1CCC(c2nnc(C3CC3)s2)CC1)NCc1ccccc1. The molecule has 1 saturated carbocycles.